The maximum absolute atomic E-state index is 12.2. The average molecular weight is 335 g/mol. The zero-order valence-electron chi connectivity index (χ0n) is 13.8. The fourth-order valence-corrected chi connectivity index (χ4v) is 2.93. The van der Waals surface area contributed by atoms with E-state index in [4.69, 9.17) is 4.74 Å². The molecule has 1 amide bonds. The maximum atomic E-state index is 12.2. The van der Waals surface area contributed by atoms with Gasteiger partial charge in [-0.3, -0.25) is 14.0 Å². The van der Waals surface area contributed by atoms with Gasteiger partial charge in [-0.25, -0.2) is 4.98 Å². The monoisotopic (exact) mass is 335 g/mol. The van der Waals surface area contributed by atoms with E-state index in [0.717, 1.165) is 16.8 Å². The number of pyridine rings is 1. The summed E-state index contributed by atoms with van der Waals surface area (Å²) in [6.45, 7) is 2.17. The highest BCUT2D eigenvalue weighted by Crippen LogP contribution is 2.27. The predicted octanol–water partition coefficient (Wildman–Crippen LogP) is 2.47. The molecule has 2 aromatic heterocycles. The van der Waals surface area contributed by atoms with Gasteiger partial charge in [0, 0.05) is 24.4 Å². The summed E-state index contributed by atoms with van der Waals surface area (Å²) in [5, 5.41) is 2.84. The molecule has 6 nitrogen and oxygen atoms in total. The Morgan fingerprint density at radius 2 is 2.04 bits per heavy atom. The van der Waals surface area contributed by atoms with E-state index in [2.05, 4.69) is 10.3 Å². The van der Waals surface area contributed by atoms with Crippen molar-refractivity contribution in [2.75, 3.05) is 5.32 Å². The summed E-state index contributed by atoms with van der Waals surface area (Å²) < 4.78 is 7.31. The number of hydrogen-bond donors (Lipinski definition) is 1. The molecule has 3 heterocycles. The molecule has 0 fully saturated rings. The van der Waals surface area contributed by atoms with E-state index in [9.17, 15) is 9.59 Å². The molecule has 0 unspecified atom stereocenters. The van der Waals surface area contributed by atoms with Crippen LogP contribution in [0.2, 0.25) is 0 Å². The largest absolute Gasteiger partial charge is 0.487 e. The van der Waals surface area contributed by atoms with Crippen LogP contribution >= 0.6 is 0 Å². The molecule has 3 aromatic rings. The lowest BCUT2D eigenvalue weighted by molar-refractivity contribution is -0.116. The molecule has 0 atom stereocenters. The first-order chi connectivity index (χ1) is 12.1. The molecule has 0 aliphatic carbocycles. The van der Waals surface area contributed by atoms with Crippen LogP contribution < -0.4 is 15.6 Å². The number of nitrogens with one attached hydrogen (secondary N) is 1. The quantitative estimate of drug-likeness (QED) is 0.798. The van der Waals surface area contributed by atoms with Crippen molar-refractivity contribution in [1.29, 1.82) is 0 Å². The fourth-order valence-electron chi connectivity index (χ4n) is 2.93. The summed E-state index contributed by atoms with van der Waals surface area (Å²) in [5.41, 5.74) is 4.00. The van der Waals surface area contributed by atoms with E-state index in [1.165, 1.54) is 10.5 Å². The molecule has 1 aromatic carbocycles. The number of nitrogens with zero attached hydrogens (tertiary/aromatic N) is 2. The predicted molar refractivity (Wildman–Crippen MR) is 93.9 cm³/mol. The van der Waals surface area contributed by atoms with Gasteiger partial charge in [0.2, 0.25) is 5.91 Å². The Morgan fingerprint density at radius 1 is 1.16 bits per heavy atom. The van der Waals surface area contributed by atoms with Gasteiger partial charge in [0.25, 0.3) is 5.56 Å². The number of benzene rings is 1. The minimum Gasteiger partial charge on any atom is -0.487 e. The highest BCUT2D eigenvalue weighted by molar-refractivity contribution is 5.93. The lowest BCUT2D eigenvalue weighted by Gasteiger charge is -2.17. The number of rotatable bonds is 3. The molecule has 0 bridgehead atoms. The van der Waals surface area contributed by atoms with Crippen molar-refractivity contribution in [3.05, 3.63) is 69.8 Å². The van der Waals surface area contributed by atoms with Crippen molar-refractivity contribution in [3.63, 3.8) is 0 Å². The minimum absolute atomic E-state index is 0.0392. The van der Waals surface area contributed by atoms with Gasteiger partial charge in [-0.05, 0) is 54.8 Å². The highest BCUT2D eigenvalue weighted by Gasteiger charge is 2.15. The number of ether oxygens (including phenoxy) is 1. The molecular formula is C19H17N3O3. The Bertz CT molecular complexity index is 1040. The van der Waals surface area contributed by atoms with Crippen LogP contribution in [0.15, 0.2) is 47.4 Å². The van der Waals surface area contributed by atoms with E-state index in [1.54, 1.807) is 6.20 Å². The van der Waals surface area contributed by atoms with Crippen LogP contribution in [-0.2, 0) is 17.8 Å². The van der Waals surface area contributed by atoms with Crippen LogP contribution in [-0.4, -0.2) is 15.3 Å². The number of aryl methyl sites for hydroxylation is 2. The molecule has 126 valence electrons. The smallest absolute Gasteiger partial charge is 0.258 e. The summed E-state index contributed by atoms with van der Waals surface area (Å²) >= 11 is 0. The number of hydrogen-bond acceptors (Lipinski definition) is 4. The number of carbonyl (C=O) groups excluding carboxylic acids is 1. The Labute approximate surface area is 144 Å². The number of fused-ring (bicyclic) bond motifs is 2. The minimum atomic E-state index is -0.128. The molecule has 4 rings (SSSR count). The van der Waals surface area contributed by atoms with Crippen molar-refractivity contribution in [3.8, 4) is 5.75 Å². The molecule has 1 aliphatic heterocycles. The van der Waals surface area contributed by atoms with E-state index in [-0.39, 0.29) is 18.1 Å². The number of aromatic nitrogens is 2. The molecule has 0 saturated carbocycles. The molecule has 1 aliphatic rings. The first kappa shape index (κ1) is 15.4. The van der Waals surface area contributed by atoms with Crippen molar-refractivity contribution in [2.45, 2.75) is 26.4 Å². The molecule has 25 heavy (non-hydrogen) atoms. The lowest BCUT2D eigenvalue weighted by atomic mass is 10.0. The van der Waals surface area contributed by atoms with Gasteiger partial charge in [-0.15, -0.1) is 0 Å². The number of amides is 1. The van der Waals surface area contributed by atoms with E-state index in [0.29, 0.717) is 29.9 Å². The van der Waals surface area contributed by atoms with Gasteiger partial charge in [0.1, 0.15) is 18.0 Å². The van der Waals surface area contributed by atoms with Crippen molar-refractivity contribution >= 4 is 17.2 Å². The van der Waals surface area contributed by atoms with E-state index in [1.807, 2.05) is 37.3 Å². The second kappa shape index (κ2) is 6.05. The molecule has 0 saturated heterocycles. The highest BCUT2D eigenvalue weighted by atomic mass is 16.5. The Kier molecular flexibility index (Phi) is 3.72. The normalized spacial score (nSPS) is 13.4. The van der Waals surface area contributed by atoms with Crippen LogP contribution in [0.5, 0.6) is 5.75 Å². The summed E-state index contributed by atoms with van der Waals surface area (Å²) in [5.74, 6) is 0.735. The summed E-state index contributed by atoms with van der Waals surface area (Å²) in [6, 6.07) is 10.8. The van der Waals surface area contributed by atoms with Gasteiger partial charge in [0.15, 0.2) is 0 Å². The molecule has 0 radical (unpaired) electrons. The van der Waals surface area contributed by atoms with Gasteiger partial charge >= 0.3 is 0 Å². The van der Waals surface area contributed by atoms with Gasteiger partial charge in [-0.1, -0.05) is 0 Å². The van der Waals surface area contributed by atoms with Gasteiger partial charge in [0.05, 0.1) is 5.69 Å². The first-order valence-electron chi connectivity index (χ1n) is 8.13. The topological polar surface area (TPSA) is 72.7 Å². The van der Waals surface area contributed by atoms with Crippen LogP contribution in [0.3, 0.4) is 0 Å². The third-order valence-electron chi connectivity index (χ3n) is 4.23. The number of anilines is 1. The summed E-state index contributed by atoms with van der Waals surface area (Å²) in [7, 11) is 0. The van der Waals surface area contributed by atoms with Crippen molar-refractivity contribution < 1.29 is 9.53 Å². The van der Waals surface area contributed by atoms with Gasteiger partial charge in [-0.2, -0.15) is 0 Å². The third kappa shape index (κ3) is 3.10. The Balaban J connectivity index is 1.56. The number of carbonyl (C=O) groups is 1. The average Bonchev–Trinajstić information content (AvgIpc) is 2.59. The Morgan fingerprint density at radius 3 is 2.92 bits per heavy atom. The van der Waals surface area contributed by atoms with Crippen molar-refractivity contribution in [2.24, 2.45) is 0 Å². The zero-order chi connectivity index (χ0) is 17.4. The third-order valence-corrected chi connectivity index (χ3v) is 4.23. The molecular weight excluding hydrogens is 318 g/mol. The lowest BCUT2D eigenvalue weighted by Crippen LogP contribution is -2.19. The van der Waals surface area contributed by atoms with Gasteiger partial charge < -0.3 is 10.1 Å². The van der Waals surface area contributed by atoms with Crippen LogP contribution in [0.4, 0.5) is 5.69 Å². The SMILES string of the molecule is Cc1ccn2c(=O)cc(COc3ccc4c(c3)CCC(=O)N4)nc2c1. The molecule has 6 heteroatoms. The maximum Gasteiger partial charge on any atom is 0.258 e. The van der Waals surface area contributed by atoms with Crippen molar-refractivity contribution in [1.82, 2.24) is 9.38 Å². The summed E-state index contributed by atoms with van der Waals surface area (Å²) in [4.78, 5) is 28.1. The summed E-state index contributed by atoms with van der Waals surface area (Å²) in [6.07, 6.45) is 2.91. The molecule has 0 spiro atoms. The van der Waals surface area contributed by atoms with Crippen LogP contribution in [0.1, 0.15) is 23.2 Å². The standard InChI is InChI=1S/C19H17N3O3/c1-12-6-7-22-17(8-12)20-14(10-19(22)24)11-25-15-3-4-16-13(9-15)2-5-18(23)21-16/h3-4,6-10H,2,5,11H2,1H3,(H,21,23). The van der Waals surface area contributed by atoms with Crippen LogP contribution in [0, 0.1) is 6.92 Å². The second-order valence-electron chi connectivity index (χ2n) is 6.17. The molecule has 1 N–H and O–H groups in total. The second-order valence-corrected chi connectivity index (χ2v) is 6.17. The first-order valence-corrected chi connectivity index (χ1v) is 8.13. The zero-order valence-corrected chi connectivity index (χ0v) is 13.8. The Hall–Kier alpha value is -3.15. The van der Waals surface area contributed by atoms with Crippen LogP contribution in [0.25, 0.3) is 5.65 Å². The fraction of sp³-hybridized carbons (Fsp3) is 0.211. The van der Waals surface area contributed by atoms with E-state index >= 15 is 0 Å². The van der Waals surface area contributed by atoms with E-state index < -0.39 is 0 Å².